The molecule has 0 N–H and O–H groups in total. The Bertz CT molecular complexity index is 2810. The van der Waals surface area contributed by atoms with E-state index in [4.69, 9.17) is 23.8 Å². The minimum absolute atomic E-state index is 0.589. The van der Waals surface area contributed by atoms with E-state index >= 15 is 0 Å². The van der Waals surface area contributed by atoms with Crippen LogP contribution in [0.1, 0.15) is 0 Å². The maximum Gasteiger partial charge on any atom is 0.164 e. The van der Waals surface area contributed by atoms with Crippen LogP contribution < -0.4 is 0 Å². The summed E-state index contributed by atoms with van der Waals surface area (Å²) in [4.78, 5) is 14.7. The van der Waals surface area contributed by atoms with Gasteiger partial charge in [0.05, 0.1) is 0 Å². The van der Waals surface area contributed by atoms with Gasteiger partial charge in [-0.15, -0.1) is 0 Å². The second-order valence-corrected chi connectivity index (χ2v) is 12.4. The number of benzene rings is 7. The van der Waals surface area contributed by atoms with E-state index in [0.29, 0.717) is 17.5 Å². The van der Waals surface area contributed by atoms with E-state index in [-0.39, 0.29) is 0 Å². The summed E-state index contributed by atoms with van der Waals surface area (Å²) in [6.07, 6.45) is 0. The molecule has 0 spiro atoms. The Balaban J connectivity index is 1.14. The van der Waals surface area contributed by atoms with Gasteiger partial charge >= 0.3 is 0 Å². The van der Waals surface area contributed by atoms with Gasteiger partial charge in [0.25, 0.3) is 0 Å². The number of para-hydroxylation sites is 1. The topological polar surface area (TPSA) is 65.0 Å². The van der Waals surface area contributed by atoms with Crippen molar-refractivity contribution in [2.24, 2.45) is 0 Å². The van der Waals surface area contributed by atoms with Crippen molar-refractivity contribution in [3.8, 4) is 56.4 Å². The molecular formula is C45H27N3O2. The summed E-state index contributed by atoms with van der Waals surface area (Å²) in [6.45, 7) is 0. The lowest BCUT2D eigenvalue weighted by Gasteiger charge is -2.12. The standard InChI is InChI=1S/C45H27N3O2/c1-3-13-28(14-4-1)43-46-44(29-15-5-2-6-16-29)48-45(47-43)30-25-26-36-40(27-30)50-39-24-12-21-34(42(36)39)32-18-8-7-17-31(32)33-20-11-23-38-41(33)35-19-9-10-22-37(35)49-38/h1-27H. The first kappa shape index (κ1) is 28.2. The maximum atomic E-state index is 6.58. The lowest BCUT2D eigenvalue weighted by atomic mass is 9.90. The van der Waals surface area contributed by atoms with Crippen LogP contribution in [-0.2, 0) is 0 Å². The van der Waals surface area contributed by atoms with E-state index in [1.165, 1.54) is 0 Å². The molecule has 50 heavy (non-hydrogen) atoms. The highest BCUT2D eigenvalue weighted by molar-refractivity contribution is 6.17. The van der Waals surface area contributed by atoms with Crippen molar-refractivity contribution in [1.29, 1.82) is 0 Å². The molecule has 0 atom stereocenters. The third-order valence-electron chi connectivity index (χ3n) is 9.36. The van der Waals surface area contributed by atoms with Gasteiger partial charge in [-0.05, 0) is 52.6 Å². The fourth-order valence-electron chi connectivity index (χ4n) is 7.08. The summed E-state index contributed by atoms with van der Waals surface area (Å²) in [5.41, 5.74) is 10.6. The molecule has 3 heterocycles. The van der Waals surface area contributed by atoms with Crippen LogP contribution in [0, 0.1) is 0 Å². The average Bonchev–Trinajstić information content (AvgIpc) is 3.77. The normalized spacial score (nSPS) is 11.6. The molecule has 10 aromatic rings. The lowest BCUT2D eigenvalue weighted by Crippen LogP contribution is -2.00. The quantitative estimate of drug-likeness (QED) is 0.187. The van der Waals surface area contributed by atoms with Gasteiger partial charge in [0.15, 0.2) is 17.5 Å². The Morgan fingerprint density at radius 3 is 1.34 bits per heavy atom. The van der Waals surface area contributed by atoms with Crippen LogP contribution in [0.2, 0.25) is 0 Å². The second kappa shape index (κ2) is 11.4. The summed E-state index contributed by atoms with van der Waals surface area (Å²) in [5.74, 6) is 1.84. The third-order valence-corrected chi connectivity index (χ3v) is 9.36. The Morgan fingerprint density at radius 1 is 0.300 bits per heavy atom. The molecule has 0 saturated carbocycles. The Kier molecular flexibility index (Phi) is 6.42. The van der Waals surface area contributed by atoms with Crippen LogP contribution in [0.4, 0.5) is 0 Å². The van der Waals surface area contributed by atoms with Gasteiger partial charge in [0.2, 0.25) is 0 Å². The number of hydrogen-bond donors (Lipinski definition) is 0. The van der Waals surface area contributed by atoms with E-state index < -0.39 is 0 Å². The molecule has 0 aliphatic heterocycles. The first-order chi connectivity index (χ1) is 24.8. The third kappa shape index (κ3) is 4.60. The summed E-state index contributed by atoms with van der Waals surface area (Å²) in [5, 5.41) is 4.32. The summed E-state index contributed by atoms with van der Waals surface area (Å²) in [6, 6.07) is 55.7. The smallest absolute Gasteiger partial charge is 0.164 e. The van der Waals surface area contributed by atoms with Crippen LogP contribution in [-0.4, -0.2) is 15.0 Å². The zero-order chi connectivity index (χ0) is 33.0. The Hall–Kier alpha value is -6.85. The highest BCUT2D eigenvalue weighted by atomic mass is 16.3. The van der Waals surface area contributed by atoms with Crippen molar-refractivity contribution >= 4 is 43.9 Å². The van der Waals surface area contributed by atoms with Crippen LogP contribution in [0.3, 0.4) is 0 Å². The van der Waals surface area contributed by atoms with Crippen molar-refractivity contribution in [3.05, 3.63) is 164 Å². The van der Waals surface area contributed by atoms with Crippen molar-refractivity contribution in [2.45, 2.75) is 0 Å². The van der Waals surface area contributed by atoms with E-state index in [1.807, 2.05) is 91.0 Å². The number of nitrogens with zero attached hydrogens (tertiary/aromatic N) is 3. The Morgan fingerprint density at radius 2 is 0.740 bits per heavy atom. The van der Waals surface area contributed by atoms with Crippen LogP contribution in [0.5, 0.6) is 0 Å². The zero-order valence-corrected chi connectivity index (χ0v) is 26.7. The highest BCUT2D eigenvalue weighted by Crippen LogP contribution is 2.44. The van der Waals surface area contributed by atoms with Gasteiger partial charge in [0.1, 0.15) is 22.3 Å². The lowest BCUT2D eigenvalue weighted by molar-refractivity contribution is 0.668. The molecule has 0 unspecified atom stereocenters. The highest BCUT2D eigenvalue weighted by Gasteiger charge is 2.20. The van der Waals surface area contributed by atoms with Crippen molar-refractivity contribution < 1.29 is 8.83 Å². The van der Waals surface area contributed by atoms with Crippen LogP contribution in [0.25, 0.3) is 100 Å². The summed E-state index contributed by atoms with van der Waals surface area (Å²) < 4.78 is 12.8. The Labute approximate surface area is 287 Å². The molecule has 10 rings (SSSR count). The first-order valence-electron chi connectivity index (χ1n) is 16.6. The fourth-order valence-corrected chi connectivity index (χ4v) is 7.08. The van der Waals surface area contributed by atoms with E-state index in [9.17, 15) is 0 Å². The average molecular weight is 642 g/mol. The van der Waals surface area contributed by atoms with Crippen LogP contribution in [0.15, 0.2) is 173 Å². The summed E-state index contributed by atoms with van der Waals surface area (Å²) >= 11 is 0. The first-order valence-corrected chi connectivity index (χ1v) is 16.6. The van der Waals surface area contributed by atoms with Gasteiger partial charge in [-0.2, -0.15) is 0 Å². The van der Waals surface area contributed by atoms with E-state index in [0.717, 1.165) is 82.8 Å². The molecule has 0 saturated heterocycles. The van der Waals surface area contributed by atoms with Gasteiger partial charge in [-0.3, -0.25) is 0 Å². The molecule has 3 aromatic heterocycles. The molecule has 0 fully saturated rings. The van der Waals surface area contributed by atoms with E-state index in [2.05, 4.69) is 72.8 Å². The molecule has 5 nitrogen and oxygen atoms in total. The molecule has 0 aliphatic rings. The van der Waals surface area contributed by atoms with Gasteiger partial charge in [0, 0.05) is 38.2 Å². The van der Waals surface area contributed by atoms with Gasteiger partial charge in [-0.1, -0.05) is 133 Å². The number of aromatic nitrogens is 3. The molecular weight excluding hydrogens is 615 g/mol. The van der Waals surface area contributed by atoms with Gasteiger partial charge in [-0.25, -0.2) is 15.0 Å². The predicted molar refractivity (Wildman–Crippen MR) is 202 cm³/mol. The fraction of sp³-hybridized carbons (Fsp3) is 0. The van der Waals surface area contributed by atoms with Crippen molar-refractivity contribution in [2.75, 3.05) is 0 Å². The zero-order valence-electron chi connectivity index (χ0n) is 26.7. The number of hydrogen-bond acceptors (Lipinski definition) is 5. The monoisotopic (exact) mass is 641 g/mol. The van der Waals surface area contributed by atoms with Crippen molar-refractivity contribution in [3.63, 3.8) is 0 Å². The number of furan rings is 2. The summed E-state index contributed by atoms with van der Waals surface area (Å²) in [7, 11) is 0. The molecule has 0 amide bonds. The molecule has 7 aromatic carbocycles. The van der Waals surface area contributed by atoms with Gasteiger partial charge < -0.3 is 8.83 Å². The number of rotatable bonds is 5. The largest absolute Gasteiger partial charge is 0.456 e. The van der Waals surface area contributed by atoms with E-state index in [1.54, 1.807) is 0 Å². The second-order valence-electron chi connectivity index (χ2n) is 12.4. The van der Waals surface area contributed by atoms with Crippen molar-refractivity contribution in [1.82, 2.24) is 15.0 Å². The SMILES string of the molecule is c1ccc(-c2nc(-c3ccccc3)nc(-c3ccc4c(c3)oc3cccc(-c5ccccc5-c5cccc6oc7ccccc7c56)c34)n2)cc1. The van der Waals surface area contributed by atoms with Crippen LogP contribution >= 0.6 is 0 Å². The molecule has 5 heteroatoms. The number of fused-ring (bicyclic) bond motifs is 6. The minimum atomic E-state index is 0.589. The predicted octanol–water partition coefficient (Wildman–Crippen LogP) is 12.0. The molecule has 234 valence electrons. The molecule has 0 aliphatic carbocycles. The molecule has 0 radical (unpaired) electrons. The maximum absolute atomic E-state index is 6.58. The molecule has 0 bridgehead atoms. The minimum Gasteiger partial charge on any atom is -0.456 e.